The molecule has 27 heavy (non-hydrogen) atoms. The summed E-state index contributed by atoms with van der Waals surface area (Å²) in [5, 5.41) is 0. The summed E-state index contributed by atoms with van der Waals surface area (Å²) in [6.07, 6.45) is 11.0. The van der Waals surface area contributed by atoms with Crippen molar-refractivity contribution in [3.63, 3.8) is 0 Å². The van der Waals surface area contributed by atoms with E-state index in [4.69, 9.17) is 0 Å². The lowest BCUT2D eigenvalue weighted by atomic mass is 10.1. The molecule has 1 atom stereocenters. The molecule has 4 rings (SSSR count). The summed E-state index contributed by atoms with van der Waals surface area (Å²) in [5.74, 6) is 0.880. The second kappa shape index (κ2) is 8.23. The number of carbonyl (C=O) groups excluding carboxylic acids is 2. The van der Waals surface area contributed by atoms with Gasteiger partial charge in [-0.1, -0.05) is 25.7 Å². The van der Waals surface area contributed by atoms with Crippen LogP contribution in [0.1, 0.15) is 44.9 Å². The van der Waals surface area contributed by atoms with E-state index in [-0.39, 0.29) is 17.7 Å². The topological polar surface area (TPSA) is 69.6 Å². The van der Waals surface area contributed by atoms with E-state index in [1.165, 1.54) is 25.7 Å². The Labute approximate surface area is 160 Å². The number of anilines is 1. The lowest BCUT2D eigenvalue weighted by Gasteiger charge is -2.36. The van der Waals surface area contributed by atoms with Crippen LogP contribution in [0.15, 0.2) is 18.5 Å². The van der Waals surface area contributed by atoms with Crippen LogP contribution in [0.3, 0.4) is 0 Å². The Kier molecular flexibility index (Phi) is 5.55. The molecule has 2 amide bonds. The molecule has 0 N–H and O–H groups in total. The highest BCUT2D eigenvalue weighted by Crippen LogP contribution is 2.29. The van der Waals surface area contributed by atoms with E-state index in [9.17, 15) is 9.59 Å². The Morgan fingerprint density at radius 1 is 0.963 bits per heavy atom. The minimum atomic E-state index is -0.166. The molecule has 0 aromatic carbocycles. The number of nitrogens with zero attached hydrogens (tertiary/aromatic N) is 5. The van der Waals surface area contributed by atoms with Crippen molar-refractivity contribution in [3.8, 4) is 0 Å². The van der Waals surface area contributed by atoms with Gasteiger partial charge in [0.15, 0.2) is 0 Å². The Hall–Kier alpha value is -2.18. The fourth-order valence-corrected chi connectivity index (χ4v) is 4.66. The van der Waals surface area contributed by atoms with Gasteiger partial charge in [0.1, 0.15) is 0 Å². The zero-order chi connectivity index (χ0) is 18.6. The highest BCUT2D eigenvalue weighted by molar-refractivity contribution is 5.89. The molecular formula is C20H29N5O2. The molecule has 3 fully saturated rings. The molecule has 0 bridgehead atoms. The van der Waals surface area contributed by atoms with Crippen molar-refractivity contribution in [1.82, 2.24) is 19.8 Å². The van der Waals surface area contributed by atoms with Gasteiger partial charge in [-0.25, -0.2) is 9.97 Å². The maximum Gasteiger partial charge on any atom is 0.228 e. The smallest absolute Gasteiger partial charge is 0.228 e. The van der Waals surface area contributed by atoms with Gasteiger partial charge in [0.2, 0.25) is 17.8 Å². The Bertz CT molecular complexity index is 652. The quantitative estimate of drug-likeness (QED) is 0.757. The van der Waals surface area contributed by atoms with Crippen LogP contribution in [0.5, 0.6) is 0 Å². The molecule has 0 radical (unpaired) electrons. The van der Waals surface area contributed by atoms with Crippen LogP contribution in [-0.2, 0) is 9.59 Å². The van der Waals surface area contributed by atoms with Gasteiger partial charge >= 0.3 is 0 Å². The third-order valence-corrected chi connectivity index (χ3v) is 6.20. The minimum Gasteiger partial charge on any atom is -0.339 e. The zero-order valence-electron chi connectivity index (χ0n) is 15.9. The molecule has 1 aromatic heterocycles. The van der Waals surface area contributed by atoms with Crippen molar-refractivity contribution in [2.24, 2.45) is 5.92 Å². The molecule has 0 spiro atoms. The van der Waals surface area contributed by atoms with Crippen LogP contribution >= 0.6 is 0 Å². The lowest BCUT2D eigenvalue weighted by molar-refractivity contribution is -0.136. The van der Waals surface area contributed by atoms with Gasteiger partial charge in [-0.15, -0.1) is 0 Å². The summed E-state index contributed by atoms with van der Waals surface area (Å²) in [5.41, 5.74) is 0. The fourth-order valence-electron chi connectivity index (χ4n) is 4.66. The van der Waals surface area contributed by atoms with E-state index in [1.54, 1.807) is 18.5 Å². The zero-order valence-corrected chi connectivity index (χ0v) is 15.9. The molecule has 1 saturated carbocycles. The van der Waals surface area contributed by atoms with Crippen LogP contribution in [0.4, 0.5) is 5.95 Å². The Morgan fingerprint density at radius 3 is 2.30 bits per heavy atom. The molecule has 7 nitrogen and oxygen atoms in total. The first-order valence-electron chi connectivity index (χ1n) is 10.3. The molecule has 1 aromatic rings. The van der Waals surface area contributed by atoms with Crippen molar-refractivity contribution in [2.75, 3.05) is 37.6 Å². The predicted molar refractivity (Wildman–Crippen MR) is 102 cm³/mol. The number of hydrogen-bond donors (Lipinski definition) is 0. The second-order valence-electron chi connectivity index (χ2n) is 7.95. The van der Waals surface area contributed by atoms with Crippen LogP contribution in [-0.4, -0.2) is 70.3 Å². The summed E-state index contributed by atoms with van der Waals surface area (Å²) < 4.78 is 0. The maximum atomic E-state index is 13.0. The summed E-state index contributed by atoms with van der Waals surface area (Å²) >= 11 is 0. The molecule has 1 aliphatic carbocycles. The maximum absolute atomic E-state index is 13.0. The van der Waals surface area contributed by atoms with Crippen LogP contribution in [0, 0.1) is 5.92 Å². The third kappa shape index (κ3) is 4.06. The highest BCUT2D eigenvalue weighted by atomic mass is 16.2. The van der Waals surface area contributed by atoms with E-state index in [0.717, 1.165) is 31.9 Å². The summed E-state index contributed by atoms with van der Waals surface area (Å²) in [6.45, 7) is 3.44. The summed E-state index contributed by atoms with van der Waals surface area (Å²) in [4.78, 5) is 40.2. The third-order valence-electron chi connectivity index (χ3n) is 6.20. The van der Waals surface area contributed by atoms with E-state index < -0.39 is 0 Å². The number of likely N-dealkylation sites (tertiary alicyclic amines) is 1. The number of amides is 2. The SMILES string of the molecule is O=C(C1CC(=O)N(C2CCCCCC2)C1)N1CCN(c2ncccn2)CC1. The molecule has 7 heteroatoms. The minimum absolute atomic E-state index is 0.146. The lowest BCUT2D eigenvalue weighted by Crippen LogP contribution is -2.51. The molecule has 3 heterocycles. The van der Waals surface area contributed by atoms with E-state index >= 15 is 0 Å². The normalized spacial score (nSPS) is 25.0. The second-order valence-corrected chi connectivity index (χ2v) is 7.95. The first-order chi connectivity index (χ1) is 13.2. The molecule has 2 aliphatic heterocycles. The Morgan fingerprint density at radius 2 is 1.63 bits per heavy atom. The predicted octanol–water partition coefficient (Wildman–Crippen LogP) is 1.70. The molecule has 146 valence electrons. The van der Waals surface area contributed by atoms with Crippen LogP contribution in [0.2, 0.25) is 0 Å². The number of carbonyl (C=O) groups is 2. The van der Waals surface area contributed by atoms with Gasteiger partial charge < -0.3 is 14.7 Å². The molecule has 3 aliphatic rings. The van der Waals surface area contributed by atoms with Crippen LogP contribution in [0.25, 0.3) is 0 Å². The van der Waals surface area contributed by atoms with Crippen molar-refractivity contribution < 1.29 is 9.59 Å². The van der Waals surface area contributed by atoms with Gasteiger partial charge in [0.05, 0.1) is 5.92 Å². The fraction of sp³-hybridized carbons (Fsp3) is 0.700. The number of piperazine rings is 1. The van der Waals surface area contributed by atoms with Crippen molar-refractivity contribution in [2.45, 2.75) is 51.0 Å². The molecular weight excluding hydrogens is 342 g/mol. The van der Waals surface area contributed by atoms with Crippen molar-refractivity contribution in [1.29, 1.82) is 0 Å². The summed E-state index contributed by atoms with van der Waals surface area (Å²) in [7, 11) is 0. The number of rotatable bonds is 3. The standard InChI is InChI=1S/C20H29N5O2/c26-18-14-16(15-25(18)17-6-3-1-2-4-7-17)19(27)23-10-12-24(13-11-23)20-21-8-5-9-22-20/h5,8-9,16-17H,1-4,6-7,10-15H2. The highest BCUT2D eigenvalue weighted by Gasteiger charge is 2.40. The van der Waals surface area contributed by atoms with E-state index in [2.05, 4.69) is 14.9 Å². The number of aromatic nitrogens is 2. The average molecular weight is 371 g/mol. The molecule has 1 unspecified atom stereocenters. The van der Waals surface area contributed by atoms with Gasteiger partial charge in [-0.05, 0) is 18.9 Å². The largest absolute Gasteiger partial charge is 0.339 e. The van der Waals surface area contributed by atoms with Crippen molar-refractivity contribution in [3.05, 3.63) is 18.5 Å². The van der Waals surface area contributed by atoms with Crippen molar-refractivity contribution >= 4 is 17.8 Å². The number of hydrogen-bond acceptors (Lipinski definition) is 5. The first-order valence-corrected chi connectivity index (χ1v) is 10.3. The van der Waals surface area contributed by atoms with Gasteiger partial charge in [0.25, 0.3) is 0 Å². The van der Waals surface area contributed by atoms with E-state index in [1.807, 2.05) is 9.80 Å². The van der Waals surface area contributed by atoms with Crippen LogP contribution < -0.4 is 4.90 Å². The molecule has 2 saturated heterocycles. The first kappa shape index (κ1) is 18.2. The van der Waals surface area contributed by atoms with Gasteiger partial charge in [0, 0.05) is 57.6 Å². The monoisotopic (exact) mass is 371 g/mol. The summed E-state index contributed by atoms with van der Waals surface area (Å²) in [6, 6.07) is 2.16. The van der Waals surface area contributed by atoms with Gasteiger partial charge in [-0.3, -0.25) is 9.59 Å². The van der Waals surface area contributed by atoms with Gasteiger partial charge in [-0.2, -0.15) is 0 Å². The Balaban J connectivity index is 1.32. The average Bonchev–Trinajstić information content (AvgIpc) is 2.92. The van der Waals surface area contributed by atoms with E-state index in [0.29, 0.717) is 32.1 Å².